The molecule has 4 amide bonds. The summed E-state index contributed by atoms with van der Waals surface area (Å²) in [6.45, 7) is 0.476. The molecular formula is C23H17BrN2O5. The van der Waals surface area contributed by atoms with E-state index in [9.17, 15) is 14.4 Å². The van der Waals surface area contributed by atoms with E-state index in [0.717, 1.165) is 11.3 Å². The van der Waals surface area contributed by atoms with Gasteiger partial charge < -0.3 is 9.47 Å². The lowest BCUT2D eigenvalue weighted by Gasteiger charge is -2.29. The Hall–Kier alpha value is -3.65. The SMILES string of the molecule is O=C1NC(=O)C(Br)(c2ccc(Oc3ccc(OCc4ccccc4)cc3)cc2)C(=O)N1. The van der Waals surface area contributed by atoms with Gasteiger partial charge in [-0.1, -0.05) is 58.4 Å². The van der Waals surface area contributed by atoms with E-state index in [1.54, 1.807) is 36.4 Å². The maximum atomic E-state index is 12.2. The van der Waals surface area contributed by atoms with Gasteiger partial charge in [-0.25, -0.2) is 4.79 Å². The summed E-state index contributed by atoms with van der Waals surface area (Å²) in [5.41, 5.74) is 1.45. The molecule has 1 aliphatic heterocycles. The number of urea groups is 1. The Morgan fingerprint density at radius 3 is 1.81 bits per heavy atom. The Labute approximate surface area is 186 Å². The first kappa shape index (κ1) is 20.6. The highest BCUT2D eigenvalue weighted by molar-refractivity contribution is 9.10. The van der Waals surface area contributed by atoms with Gasteiger partial charge in [0.2, 0.25) is 4.32 Å². The van der Waals surface area contributed by atoms with E-state index < -0.39 is 22.2 Å². The van der Waals surface area contributed by atoms with Gasteiger partial charge in [-0.05, 0) is 47.5 Å². The lowest BCUT2D eigenvalue weighted by Crippen LogP contribution is -2.62. The smallest absolute Gasteiger partial charge is 0.328 e. The second-order valence-electron chi connectivity index (χ2n) is 6.77. The molecule has 0 aliphatic carbocycles. The summed E-state index contributed by atoms with van der Waals surface area (Å²) in [5, 5.41) is 4.16. The highest BCUT2D eigenvalue weighted by atomic mass is 79.9. The van der Waals surface area contributed by atoms with E-state index in [0.29, 0.717) is 23.7 Å². The Balaban J connectivity index is 1.40. The number of hydrogen-bond donors (Lipinski definition) is 2. The molecule has 0 aromatic heterocycles. The van der Waals surface area contributed by atoms with Crippen LogP contribution in [0.25, 0.3) is 0 Å². The maximum Gasteiger partial charge on any atom is 0.328 e. The number of rotatable bonds is 6. The lowest BCUT2D eigenvalue weighted by molar-refractivity contribution is -0.133. The van der Waals surface area contributed by atoms with Crippen LogP contribution in [0.4, 0.5) is 4.79 Å². The molecule has 0 saturated carbocycles. The normalized spacial score (nSPS) is 15.1. The molecule has 3 aromatic carbocycles. The van der Waals surface area contributed by atoms with Crippen LogP contribution in [0.2, 0.25) is 0 Å². The summed E-state index contributed by atoms with van der Waals surface area (Å²) in [7, 11) is 0. The van der Waals surface area contributed by atoms with E-state index in [2.05, 4.69) is 26.6 Å². The van der Waals surface area contributed by atoms with Gasteiger partial charge in [-0.2, -0.15) is 0 Å². The summed E-state index contributed by atoms with van der Waals surface area (Å²) in [5.74, 6) is 0.344. The monoisotopic (exact) mass is 480 g/mol. The fourth-order valence-corrected chi connectivity index (χ4v) is 3.47. The van der Waals surface area contributed by atoms with E-state index >= 15 is 0 Å². The van der Waals surface area contributed by atoms with E-state index in [1.807, 2.05) is 42.5 Å². The van der Waals surface area contributed by atoms with Gasteiger partial charge in [0.05, 0.1) is 0 Å². The van der Waals surface area contributed by atoms with Gasteiger partial charge in [0.1, 0.15) is 23.9 Å². The minimum absolute atomic E-state index is 0.368. The minimum atomic E-state index is -1.68. The molecule has 1 heterocycles. The van der Waals surface area contributed by atoms with Crippen molar-refractivity contribution in [1.29, 1.82) is 0 Å². The second-order valence-corrected chi connectivity index (χ2v) is 7.96. The second kappa shape index (κ2) is 8.61. The summed E-state index contributed by atoms with van der Waals surface area (Å²) in [6.07, 6.45) is 0. The largest absolute Gasteiger partial charge is 0.489 e. The molecule has 8 heteroatoms. The van der Waals surface area contributed by atoms with Crippen LogP contribution in [0.1, 0.15) is 11.1 Å². The third-order valence-electron chi connectivity index (χ3n) is 4.64. The number of halogens is 1. The van der Waals surface area contributed by atoms with Crippen molar-refractivity contribution in [3.05, 3.63) is 90.0 Å². The first-order chi connectivity index (χ1) is 14.9. The highest BCUT2D eigenvalue weighted by Crippen LogP contribution is 2.35. The first-order valence-corrected chi connectivity index (χ1v) is 10.2. The van der Waals surface area contributed by atoms with Crippen molar-refractivity contribution in [1.82, 2.24) is 10.6 Å². The fourth-order valence-electron chi connectivity index (χ4n) is 3.01. The predicted molar refractivity (Wildman–Crippen MR) is 116 cm³/mol. The number of imide groups is 2. The molecule has 0 radical (unpaired) electrons. The molecule has 0 spiro atoms. The fraction of sp³-hybridized carbons (Fsp3) is 0.0870. The number of carbonyl (C=O) groups excluding carboxylic acids is 3. The Morgan fingerprint density at radius 2 is 1.23 bits per heavy atom. The molecule has 156 valence electrons. The number of nitrogens with one attached hydrogen (secondary N) is 2. The topological polar surface area (TPSA) is 93.7 Å². The van der Waals surface area contributed by atoms with Gasteiger partial charge >= 0.3 is 6.03 Å². The average molecular weight is 481 g/mol. The molecule has 3 aromatic rings. The van der Waals surface area contributed by atoms with Crippen LogP contribution >= 0.6 is 15.9 Å². The molecule has 7 nitrogen and oxygen atoms in total. The van der Waals surface area contributed by atoms with E-state index in [1.165, 1.54) is 0 Å². The predicted octanol–water partition coefficient (Wildman–Crippen LogP) is 4.01. The van der Waals surface area contributed by atoms with Crippen LogP contribution in [0, 0.1) is 0 Å². The Bertz CT molecular complexity index is 1090. The zero-order valence-corrected chi connectivity index (χ0v) is 17.7. The van der Waals surface area contributed by atoms with Gasteiger partial charge in [0, 0.05) is 0 Å². The standard InChI is InChI=1S/C23H17BrN2O5/c24-23(20(27)25-22(29)26-21(23)28)16-6-8-18(9-7-16)31-19-12-10-17(11-13-19)30-14-15-4-2-1-3-5-15/h1-13H,14H2,(H2,25,26,27,28,29). The number of hydrogen-bond acceptors (Lipinski definition) is 5. The van der Waals surface area contributed by atoms with Crippen molar-refractivity contribution >= 4 is 33.8 Å². The molecule has 1 aliphatic rings. The summed E-state index contributed by atoms with van der Waals surface area (Å²) in [4.78, 5) is 35.7. The van der Waals surface area contributed by atoms with Crippen LogP contribution < -0.4 is 20.1 Å². The zero-order valence-electron chi connectivity index (χ0n) is 16.1. The summed E-state index contributed by atoms with van der Waals surface area (Å²) >= 11 is 3.16. The van der Waals surface area contributed by atoms with Crippen LogP contribution in [-0.4, -0.2) is 17.8 Å². The van der Waals surface area contributed by atoms with Gasteiger partial charge in [-0.15, -0.1) is 0 Å². The first-order valence-electron chi connectivity index (χ1n) is 9.36. The number of carbonyl (C=O) groups is 3. The molecule has 4 rings (SSSR count). The van der Waals surface area contributed by atoms with E-state index in [-0.39, 0.29) is 0 Å². The van der Waals surface area contributed by atoms with Crippen LogP contribution in [-0.2, 0) is 20.5 Å². The molecular weight excluding hydrogens is 464 g/mol. The molecule has 1 fully saturated rings. The molecule has 0 atom stereocenters. The summed E-state index contributed by atoms with van der Waals surface area (Å²) in [6, 6.07) is 22.7. The van der Waals surface area contributed by atoms with Crippen LogP contribution in [0.3, 0.4) is 0 Å². The zero-order chi connectivity index (χ0) is 21.8. The third-order valence-corrected chi connectivity index (χ3v) is 5.82. The number of benzene rings is 3. The van der Waals surface area contributed by atoms with Gasteiger partial charge in [0.25, 0.3) is 11.8 Å². The molecule has 0 bridgehead atoms. The van der Waals surface area contributed by atoms with Crippen LogP contribution in [0.15, 0.2) is 78.9 Å². The molecule has 31 heavy (non-hydrogen) atoms. The third kappa shape index (κ3) is 4.44. The quantitative estimate of drug-likeness (QED) is 0.410. The van der Waals surface area contributed by atoms with Gasteiger partial charge in [-0.3, -0.25) is 20.2 Å². The van der Waals surface area contributed by atoms with Crippen LogP contribution in [0.5, 0.6) is 17.2 Å². The summed E-state index contributed by atoms with van der Waals surface area (Å²) < 4.78 is 9.89. The van der Waals surface area contributed by atoms with Crippen molar-refractivity contribution in [3.8, 4) is 17.2 Å². The van der Waals surface area contributed by atoms with Gasteiger partial charge in [0.15, 0.2) is 0 Å². The Morgan fingerprint density at radius 1 is 0.710 bits per heavy atom. The number of alkyl halides is 1. The van der Waals surface area contributed by atoms with Crippen molar-refractivity contribution in [2.75, 3.05) is 0 Å². The minimum Gasteiger partial charge on any atom is -0.489 e. The molecule has 2 N–H and O–H groups in total. The number of barbiturate groups is 1. The van der Waals surface area contributed by atoms with Crippen molar-refractivity contribution < 1.29 is 23.9 Å². The van der Waals surface area contributed by atoms with Crippen molar-refractivity contribution in [2.45, 2.75) is 10.9 Å². The molecule has 1 saturated heterocycles. The highest BCUT2D eigenvalue weighted by Gasteiger charge is 2.49. The Kier molecular flexibility index (Phi) is 5.73. The molecule has 0 unspecified atom stereocenters. The average Bonchev–Trinajstić information content (AvgIpc) is 2.78. The maximum absolute atomic E-state index is 12.2. The van der Waals surface area contributed by atoms with Crippen molar-refractivity contribution in [3.63, 3.8) is 0 Å². The number of amides is 4. The number of ether oxygens (including phenoxy) is 2. The van der Waals surface area contributed by atoms with E-state index in [4.69, 9.17) is 9.47 Å². The van der Waals surface area contributed by atoms with Crippen molar-refractivity contribution in [2.24, 2.45) is 0 Å². The lowest BCUT2D eigenvalue weighted by atomic mass is 9.95.